The summed E-state index contributed by atoms with van der Waals surface area (Å²) in [6.45, 7) is 1.99. The smallest absolute Gasteiger partial charge is 0.230 e. The summed E-state index contributed by atoms with van der Waals surface area (Å²) in [5.41, 5.74) is 0.853. The molecule has 164 valence electrons. The van der Waals surface area contributed by atoms with Crippen LogP contribution in [0.15, 0.2) is 47.6 Å². The number of halogens is 2. The van der Waals surface area contributed by atoms with E-state index in [2.05, 4.69) is 15.5 Å². The first-order chi connectivity index (χ1) is 14.9. The van der Waals surface area contributed by atoms with E-state index in [9.17, 15) is 4.79 Å². The quantitative estimate of drug-likeness (QED) is 0.353. The maximum Gasteiger partial charge on any atom is 0.230 e. The zero-order valence-electron chi connectivity index (χ0n) is 16.8. The topological polar surface area (TPSA) is 104 Å². The number of methoxy groups -OCH3 is 1. The van der Waals surface area contributed by atoms with E-state index in [1.807, 2.05) is 25.1 Å². The number of rotatable bonds is 9. The molecule has 2 aromatic carbocycles. The van der Waals surface area contributed by atoms with Crippen LogP contribution in [0.25, 0.3) is 0 Å². The van der Waals surface area contributed by atoms with Crippen molar-refractivity contribution < 1.29 is 14.3 Å². The van der Waals surface area contributed by atoms with Crippen LogP contribution >= 0.6 is 35.0 Å². The maximum atomic E-state index is 12.3. The summed E-state index contributed by atoms with van der Waals surface area (Å²) in [5, 5.41) is 12.3. The van der Waals surface area contributed by atoms with Gasteiger partial charge in [-0.05, 0) is 36.8 Å². The van der Waals surface area contributed by atoms with Gasteiger partial charge in [0.25, 0.3) is 0 Å². The molecule has 31 heavy (non-hydrogen) atoms. The minimum absolute atomic E-state index is 0.123. The van der Waals surface area contributed by atoms with E-state index in [1.165, 1.54) is 16.4 Å². The molecule has 0 fully saturated rings. The minimum Gasteiger partial charge on any atom is -0.497 e. The summed E-state index contributed by atoms with van der Waals surface area (Å²) >= 11 is 13.1. The van der Waals surface area contributed by atoms with Crippen molar-refractivity contribution in [2.24, 2.45) is 0 Å². The van der Waals surface area contributed by atoms with E-state index >= 15 is 0 Å². The summed E-state index contributed by atoms with van der Waals surface area (Å²) in [7, 11) is 1.58. The van der Waals surface area contributed by atoms with Crippen LogP contribution in [-0.4, -0.2) is 33.6 Å². The first-order valence-corrected chi connectivity index (χ1v) is 10.9. The Labute approximate surface area is 194 Å². The Morgan fingerprint density at radius 3 is 2.71 bits per heavy atom. The third-order valence-electron chi connectivity index (χ3n) is 4.30. The van der Waals surface area contributed by atoms with Crippen molar-refractivity contribution in [2.75, 3.05) is 18.7 Å². The van der Waals surface area contributed by atoms with Gasteiger partial charge < -0.3 is 20.6 Å². The lowest BCUT2D eigenvalue weighted by atomic mass is 10.1. The number of thioether (sulfide) groups is 1. The number of aromatic nitrogens is 3. The number of benzene rings is 2. The van der Waals surface area contributed by atoms with Crippen LogP contribution in [0.2, 0.25) is 10.0 Å². The summed E-state index contributed by atoms with van der Waals surface area (Å²) in [4.78, 5) is 12.3. The number of hydrogen-bond donors (Lipinski definition) is 2. The second-order valence-electron chi connectivity index (χ2n) is 6.49. The fourth-order valence-electron chi connectivity index (χ4n) is 2.62. The lowest BCUT2D eigenvalue weighted by Crippen LogP contribution is -2.28. The van der Waals surface area contributed by atoms with E-state index in [1.54, 1.807) is 31.4 Å². The van der Waals surface area contributed by atoms with E-state index in [0.717, 1.165) is 5.56 Å². The van der Waals surface area contributed by atoms with Gasteiger partial charge in [-0.1, -0.05) is 47.1 Å². The summed E-state index contributed by atoms with van der Waals surface area (Å²) in [5.74, 6) is 7.71. The Balaban J connectivity index is 1.51. The molecular weight excluding hydrogens is 461 g/mol. The number of nitrogens with one attached hydrogen (secondary N) is 1. The molecule has 1 heterocycles. The van der Waals surface area contributed by atoms with Crippen molar-refractivity contribution in [1.82, 2.24) is 20.2 Å². The van der Waals surface area contributed by atoms with Gasteiger partial charge >= 0.3 is 0 Å². The van der Waals surface area contributed by atoms with E-state index in [0.29, 0.717) is 32.5 Å². The van der Waals surface area contributed by atoms with Gasteiger partial charge in [0.05, 0.1) is 28.9 Å². The summed E-state index contributed by atoms with van der Waals surface area (Å²) in [6, 6.07) is 12.2. The monoisotopic (exact) mass is 481 g/mol. The molecule has 0 aliphatic rings. The molecule has 1 unspecified atom stereocenters. The van der Waals surface area contributed by atoms with Crippen molar-refractivity contribution in [3.05, 3.63) is 63.9 Å². The number of nitrogen functional groups attached to an aromatic ring is 1. The number of amides is 1. The van der Waals surface area contributed by atoms with Crippen LogP contribution < -0.4 is 20.6 Å². The fraction of sp³-hybridized carbons (Fsp3) is 0.250. The predicted octanol–water partition coefficient (Wildman–Crippen LogP) is 3.86. The number of ether oxygens (including phenoxy) is 2. The van der Waals surface area contributed by atoms with Crippen LogP contribution in [0.5, 0.6) is 11.5 Å². The molecule has 0 spiro atoms. The minimum atomic E-state index is -0.231. The second-order valence-corrected chi connectivity index (χ2v) is 8.24. The Kier molecular flexibility index (Phi) is 7.89. The van der Waals surface area contributed by atoms with E-state index < -0.39 is 0 Å². The molecule has 1 amide bonds. The molecule has 0 radical (unpaired) electrons. The predicted molar refractivity (Wildman–Crippen MR) is 121 cm³/mol. The van der Waals surface area contributed by atoms with Gasteiger partial charge in [-0.3, -0.25) is 4.79 Å². The molecule has 3 rings (SSSR count). The van der Waals surface area contributed by atoms with Gasteiger partial charge in [0.1, 0.15) is 18.1 Å². The molecule has 3 N–H and O–H groups in total. The molecule has 1 atom stereocenters. The Morgan fingerprint density at radius 2 is 1.97 bits per heavy atom. The van der Waals surface area contributed by atoms with Crippen molar-refractivity contribution >= 4 is 40.9 Å². The Morgan fingerprint density at radius 1 is 1.19 bits per heavy atom. The van der Waals surface area contributed by atoms with Crippen LogP contribution in [0.4, 0.5) is 0 Å². The standard InChI is InChI=1S/C20H21Cl2N5O3S/c1-12(13-6-7-16(21)17(22)8-13)24-19(28)11-31-20-26-25-18(27(20)23)10-30-15-5-3-4-14(9-15)29-2/h3-9,12H,10-11,23H2,1-2H3,(H,24,28). The van der Waals surface area contributed by atoms with Crippen LogP contribution in [0.1, 0.15) is 24.4 Å². The van der Waals surface area contributed by atoms with Crippen molar-refractivity contribution in [1.29, 1.82) is 0 Å². The first kappa shape index (κ1) is 23.1. The SMILES string of the molecule is COc1cccc(OCc2nnc(SCC(=O)NC(C)c3ccc(Cl)c(Cl)c3)n2N)c1. The zero-order valence-corrected chi connectivity index (χ0v) is 19.2. The van der Waals surface area contributed by atoms with Crippen LogP contribution in [-0.2, 0) is 11.4 Å². The largest absolute Gasteiger partial charge is 0.497 e. The molecule has 0 saturated carbocycles. The van der Waals surface area contributed by atoms with Gasteiger partial charge in [-0.2, -0.15) is 0 Å². The molecule has 0 bridgehead atoms. The molecule has 11 heteroatoms. The van der Waals surface area contributed by atoms with Gasteiger partial charge in [0.2, 0.25) is 11.1 Å². The highest BCUT2D eigenvalue weighted by atomic mass is 35.5. The molecule has 8 nitrogen and oxygen atoms in total. The highest BCUT2D eigenvalue weighted by molar-refractivity contribution is 7.99. The van der Waals surface area contributed by atoms with E-state index in [-0.39, 0.29) is 24.3 Å². The number of carbonyl (C=O) groups excluding carboxylic acids is 1. The lowest BCUT2D eigenvalue weighted by molar-refractivity contribution is -0.119. The Bertz CT molecular complexity index is 1060. The average Bonchev–Trinajstić information content (AvgIpc) is 3.12. The van der Waals surface area contributed by atoms with Gasteiger partial charge in [-0.15, -0.1) is 10.2 Å². The zero-order chi connectivity index (χ0) is 22.4. The maximum absolute atomic E-state index is 12.3. The van der Waals surface area contributed by atoms with Crippen LogP contribution in [0.3, 0.4) is 0 Å². The second kappa shape index (κ2) is 10.6. The normalized spacial score (nSPS) is 11.7. The van der Waals surface area contributed by atoms with Gasteiger partial charge in [0.15, 0.2) is 5.82 Å². The lowest BCUT2D eigenvalue weighted by Gasteiger charge is -2.14. The van der Waals surface area contributed by atoms with Gasteiger partial charge in [-0.25, -0.2) is 4.68 Å². The molecule has 3 aromatic rings. The summed E-state index contributed by atoms with van der Waals surface area (Å²) < 4.78 is 12.2. The highest BCUT2D eigenvalue weighted by Gasteiger charge is 2.15. The van der Waals surface area contributed by atoms with Crippen molar-refractivity contribution in [3.8, 4) is 11.5 Å². The molecular formula is C20H21Cl2N5O3S. The molecule has 0 aliphatic carbocycles. The number of nitrogens with two attached hydrogens (primary N) is 1. The average molecular weight is 482 g/mol. The molecule has 0 aliphatic heterocycles. The Hall–Kier alpha value is -2.62. The number of nitrogens with zero attached hydrogens (tertiary/aromatic N) is 3. The van der Waals surface area contributed by atoms with Crippen LogP contribution in [0, 0.1) is 0 Å². The third kappa shape index (κ3) is 6.19. The van der Waals surface area contributed by atoms with Gasteiger partial charge in [0, 0.05) is 6.07 Å². The third-order valence-corrected chi connectivity index (χ3v) is 5.98. The van der Waals surface area contributed by atoms with E-state index in [4.69, 9.17) is 38.5 Å². The van der Waals surface area contributed by atoms with Crippen molar-refractivity contribution in [2.45, 2.75) is 24.7 Å². The number of hydrogen-bond acceptors (Lipinski definition) is 7. The molecule has 1 aromatic heterocycles. The van der Waals surface area contributed by atoms with Crippen molar-refractivity contribution in [3.63, 3.8) is 0 Å². The highest BCUT2D eigenvalue weighted by Crippen LogP contribution is 2.26. The summed E-state index contributed by atoms with van der Waals surface area (Å²) in [6.07, 6.45) is 0. The molecule has 0 saturated heterocycles. The fourth-order valence-corrected chi connectivity index (χ4v) is 3.61. The first-order valence-electron chi connectivity index (χ1n) is 9.20. The number of carbonyl (C=O) groups is 1.